The lowest BCUT2D eigenvalue weighted by Gasteiger charge is -2.20. The Kier molecular flexibility index (Phi) is 5.05. The van der Waals surface area contributed by atoms with Crippen molar-refractivity contribution in [1.82, 2.24) is 23.6 Å². The molecule has 3 rings (SSSR count). The normalized spacial score (nSPS) is 18.8. The van der Waals surface area contributed by atoms with E-state index in [1.54, 1.807) is 14.1 Å². The van der Waals surface area contributed by atoms with E-state index in [2.05, 4.69) is 20.3 Å². The van der Waals surface area contributed by atoms with Crippen LogP contribution in [0.3, 0.4) is 0 Å². The highest BCUT2D eigenvalue weighted by Gasteiger charge is 2.34. The largest absolute Gasteiger partial charge is 0.316 e. The molecule has 1 saturated heterocycles. The maximum Gasteiger partial charge on any atom is 0.281 e. The molecule has 0 aromatic carbocycles. The number of thiazole rings is 1. The first-order chi connectivity index (χ1) is 11.8. The molecule has 1 N–H and O–H groups in total. The van der Waals surface area contributed by atoms with E-state index in [9.17, 15) is 8.42 Å². The lowest BCUT2D eigenvalue weighted by molar-refractivity contribution is 0.418. The number of hydrogen-bond donors (Lipinski definition) is 1. The minimum absolute atomic E-state index is 0.00629. The molecule has 1 aliphatic rings. The van der Waals surface area contributed by atoms with Gasteiger partial charge in [0.2, 0.25) is 0 Å². The van der Waals surface area contributed by atoms with Crippen molar-refractivity contribution in [2.24, 2.45) is 0 Å². The minimum Gasteiger partial charge on any atom is -0.316 e. The van der Waals surface area contributed by atoms with Crippen molar-refractivity contribution in [2.45, 2.75) is 26.2 Å². The molecule has 136 valence electrons. The van der Waals surface area contributed by atoms with Gasteiger partial charge < -0.3 is 5.32 Å². The molecule has 2 aromatic heterocycles. The topological polar surface area (TPSA) is 91.3 Å². The summed E-state index contributed by atoms with van der Waals surface area (Å²) in [6.45, 7) is 4.74. The van der Waals surface area contributed by atoms with E-state index in [0.717, 1.165) is 16.5 Å². The van der Waals surface area contributed by atoms with E-state index in [4.69, 9.17) is 0 Å². The average Bonchev–Trinajstić information content (AvgIpc) is 3.16. The number of aromatic nitrogens is 3. The summed E-state index contributed by atoms with van der Waals surface area (Å²) in [5.74, 6) is 1.35. The highest BCUT2D eigenvalue weighted by atomic mass is 32.2. The van der Waals surface area contributed by atoms with Crippen molar-refractivity contribution < 1.29 is 8.42 Å². The smallest absolute Gasteiger partial charge is 0.281 e. The van der Waals surface area contributed by atoms with Crippen LogP contribution in [-0.4, -0.2) is 59.2 Å². The molecule has 0 radical (unpaired) electrons. The van der Waals surface area contributed by atoms with Gasteiger partial charge in [-0.25, -0.2) is 15.0 Å². The number of hydrogen-bond acceptors (Lipinski definition) is 7. The molecule has 1 aliphatic heterocycles. The highest BCUT2D eigenvalue weighted by molar-refractivity contribution is 7.86. The third kappa shape index (κ3) is 3.97. The van der Waals surface area contributed by atoms with Crippen LogP contribution in [0.4, 0.5) is 10.9 Å². The van der Waals surface area contributed by atoms with Gasteiger partial charge in [-0.05, 0) is 20.3 Å². The number of nitrogens with one attached hydrogen (secondary N) is 1. The Hall–Kier alpha value is -1.62. The van der Waals surface area contributed by atoms with Crippen LogP contribution >= 0.6 is 11.3 Å². The van der Waals surface area contributed by atoms with Crippen molar-refractivity contribution in [3.05, 3.63) is 28.7 Å². The fraction of sp³-hybridized carbons (Fsp3) is 0.533. The summed E-state index contributed by atoms with van der Waals surface area (Å²) in [7, 11) is -0.305. The summed E-state index contributed by atoms with van der Waals surface area (Å²) in [4.78, 5) is 13.5. The van der Waals surface area contributed by atoms with Crippen molar-refractivity contribution in [1.29, 1.82) is 0 Å². The summed E-state index contributed by atoms with van der Waals surface area (Å²) in [6.07, 6.45) is 0.715. The Morgan fingerprint density at radius 3 is 2.64 bits per heavy atom. The van der Waals surface area contributed by atoms with Gasteiger partial charge in [0.15, 0.2) is 5.13 Å². The van der Waals surface area contributed by atoms with Crippen LogP contribution in [0, 0.1) is 13.8 Å². The first-order valence-electron chi connectivity index (χ1n) is 7.98. The fourth-order valence-electron chi connectivity index (χ4n) is 2.74. The molecular weight excluding hydrogens is 360 g/mol. The Morgan fingerprint density at radius 1 is 1.24 bits per heavy atom. The van der Waals surface area contributed by atoms with E-state index >= 15 is 0 Å². The summed E-state index contributed by atoms with van der Waals surface area (Å²) < 4.78 is 27.3. The second-order valence-corrected chi connectivity index (χ2v) is 9.31. The highest BCUT2D eigenvalue weighted by Crippen LogP contribution is 2.29. The zero-order valence-electron chi connectivity index (χ0n) is 14.7. The molecular formula is C15H22N6O2S2. The molecule has 0 aliphatic carbocycles. The van der Waals surface area contributed by atoms with Crippen LogP contribution in [-0.2, 0) is 10.2 Å². The Balaban J connectivity index is 1.79. The number of nitrogens with zero attached hydrogens (tertiary/aromatic N) is 5. The minimum atomic E-state index is -3.40. The molecule has 0 saturated carbocycles. The van der Waals surface area contributed by atoms with Gasteiger partial charge in [0.25, 0.3) is 10.2 Å². The van der Waals surface area contributed by atoms with Crippen LogP contribution in [0.15, 0.2) is 11.4 Å². The van der Waals surface area contributed by atoms with Crippen molar-refractivity contribution in [2.75, 3.05) is 32.5 Å². The van der Waals surface area contributed by atoms with E-state index in [0.29, 0.717) is 31.2 Å². The van der Waals surface area contributed by atoms with Crippen LogP contribution < -0.4 is 5.32 Å². The molecule has 1 fully saturated rings. The molecule has 0 bridgehead atoms. The SMILES string of the molecule is Cc1cc(Nc2nc(C)cs2)nc(C2CCN(S(=O)(=O)N(C)C)C2)n1. The molecule has 2 aromatic rings. The van der Waals surface area contributed by atoms with Gasteiger partial charge in [0, 0.05) is 50.2 Å². The zero-order chi connectivity index (χ0) is 18.2. The first-order valence-corrected chi connectivity index (χ1v) is 10.3. The summed E-state index contributed by atoms with van der Waals surface area (Å²) in [5, 5.41) is 5.96. The Morgan fingerprint density at radius 2 is 2.00 bits per heavy atom. The predicted octanol–water partition coefficient (Wildman–Crippen LogP) is 1.89. The average molecular weight is 383 g/mol. The number of rotatable bonds is 5. The molecule has 10 heteroatoms. The Labute approximate surface area is 152 Å². The second kappa shape index (κ2) is 6.94. The van der Waals surface area contributed by atoms with E-state index < -0.39 is 10.2 Å². The van der Waals surface area contributed by atoms with Gasteiger partial charge in [-0.3, -0.25) is 0 Å². The molecule has 8 nitrogen and oxygen atoms in total. The molecule has 1 atom stereocenters. The number of anilines is 2. The lowest BCUT2D eigenvalue weighted by Crippen LogP contribution is -2.38. The number of aryl methyl sites for hydroxylation is 2. The zero-order valence-corrected chi connectivity index (χ0v) is 16.4. The molecule has 0 amide bonds. The van der Waals surface area contributed by atoms with E-state index in [1.165, 1.54) is 19.9 Å². The van der Waals surface area contributed by atoms with Gasteiger partial charge >= 0.3 is 0 Å². The van der Waals surface area contributed by atoms with Crippen LogP contribution in [0.5, 0.6) is 0 Å². The van der Waals surface area contributed by atoms with Gasteiger partial charge in [-0.2, -0.15) is 17.0 Å². The first kappa shape index (κ1) is 18.2. The fourth-order valence-corrected chi connectivity index (χ4v) is 4.60. The van der Waals surface area contributed by atoms with Crippen LogP contribution in [0.1, 0.15) is 29.6 Å². The molecule has 3 heterocycles. The van der Waals surface area contributed by atoms with Crippen molar-refractivity contribution >= 4 is 32.5 Å². The summed E-state index contributed by atoms with van der Waals surface area (Å²) in [5.41, 5.74) is 1.80. The standard InChI is InChI=1S/C15H22N6O2S2/c1-10-7-13(19-15-17-11(2)9-24-15)18-14(16-10)12-5-6-21(8-12)25(22,23)20(3)4/h7,9,12H,5-6,8H2,1-4H3,(H,16,17,18,19). The molecule has 25 heavy (non-hydrogen) atoms. The monoisotopic (exact) mass is 382 g/mol. The quantitative estimate of drug-likeness (QED) is 0.849. The van der Waals surface area contributed by atoms with Gasteiger partial charge in [0.1, 0.15) is 11.6 Å². The lowest BCUT2D eigenvalue weighted by atomic mass is 10.1. The van der Waals surface area contributed by atoms with E-state index in [1.807, 2.05) is 25.3 Å². The predicted molar refractivity (Wildman–Crippen MR) is 98.4 cm³/mol. The maximum absolute atomic E-state index is 12.3. The Bertz CT molecular complexity index is 865. The second-order valence-electron chi connectivity index (χ2n) is 6.31. The molecule has 0 spiro atoms. The van der Waals surface area contributed by atoms with Crippen molar-refractivity contribution in [3.63, 3.8) is 0 Å². The van der Waals surface area contributed by atoms with Crippen LogP contribution in [0.25, 0.3) is 0 Å². The maximum atomic E-state index is 12.3. The van der Waals surface area contributed by atoms with Gasteiger partial charge in [-0.15, -0.1) is 11.3 Å². The van der Waals surface area contributed by atoms with Gasteiger partial charge in [-0.1, -0.05) is 0 Å². The molecule has 1 unspecified atom stereocenters. The summed E-state index contributed by atoms with van der Waals surface area (Å²) in [6, 6.07) is 1.86. The summed E-state index contributed by atoms with van der Waals surface area (Å²) >= 11 is 1.52. The van der Waals surface area contributed by atoms with Gasteiger partial charge in [0.05, 0.1) is 5.69 Å². The third-order valence-corrected chi connectivity index (χ3v) is 6.81. The third-order valence-electron chi connectivity index (χ3n) is 4.03. The van der Waals surface area contributed by atoms with Crippen molar-refractivity contribution in [3.8, 4) is 0 Å². The van der Waals surface area contributed by atoms with E-state index in [-0.39, 0.29) is 5.92 Å². The van der Waals surface area contributed by atoms with Crippen LogP contribution in [0.2, 0.25) is 0 Å².